The van der Waals surface area contributed by atoms with Gasteiger partial charge in [-0.25, -0.2) is 0 Å². The lowest BCUT2D eigenvalue weighted by atomic mass is 10.0. The maximum atomic E-state index is 3.74. The molecule has 0 fully saturated rings. The van der Waals surface area contributed by atoms with Gasteiger partial charge in [0.05, 0.1) is 0 Å². The van der Waals surface area contributed by atoms with Gasteiger partial charge >= 0.3 is 0 Å². The number of hydrogen-bond acceptors (Lipinski definition) is 1. The monoisotopic (exact) mass is 345 g/mol. The van der Waals surface area contributed by atoms with Gasteiger partial charge < -0.3 is 5.32 Å². The van der Waals surface area contributed by atoms with Gasteiger partial charge in [-0.15, -0.1) is 0 Å². The molecule has 0 radical (unpaired) electrons. The highest BCUT2D eigenvalue weighted by Crippen LogP contribution is 2.23. The standard InChI is InChI=1S/C19H24BrN/c1-4-15-6-8-16(9-7-15)14(3)21-19(5-2)17-10-12-18(20)13-11-17/h6-14,19,21H,4-5H2,1-3H3. The van der Waals surface area contributed by atoms with Gasteiger partial charge in [-0.05, 0) is 48.6 Å². The molecule has 112 valence electrons. The lowest BCUT2D eigenvalue weighted by Crippen LogP contribution is -2.24. The van der Waals surface area contributed by atoms with E-state index in [0.717, 1.165) is 17.3 Å². The maximum absolute atomic E-state index is 3.74. The van der Waals surface area contributed by atoms with Crippen molar-refractivity contribution in [2.24, 2.45) is 0 Å². The van der Waals surface area contributed by atoms with Crippen molar-refractivity contribution in [3.8, 4) is 0 Å². The second-order valence-corrected chi connectivity index (χ2v) is 6.41. The molecule has 0 saturated heterocycles. The summed E-state index contributed by atoms with van der Waals surface area (Å²) in [6.45, 7) is 6.66. The molecule has 2 unspecified atom stereocenters. The van der Waals surface area contributed by atoms with Crippen LogP contribution in [-0.2, 0) is 6.42 Å². The van der Waals surface area contributed by atoms with Crippen molar-refractivity contribution in [1.82, 2.24) is 5.32 Å². The van der Waals surface area contributed by atoms with Gasteiger partial charge in [-0.2, -0.15) is 0 Å². The van der Waals surface area contributed by atoms with Crippen molar-refractivity contribution in [2.45, 2.75) is 45.7 Å². The molecule has 0 saturated carbocycles. The SMILES string of the molecule is CCc1ccc(C(C)NC(CC)c2ccc(Br)cc2)cc1. The fourth-order valence-corrected chi connectivity index (χ4v) is 2.85. The van der Waals surface area contributed by atoms with E-state index >= 15 is 0 Å². The van der Waals surface area contributed by atoms with Crippen LogP contribution in [0.15, 0.2) is 53.0 Å². The molecular formula is C19H24BrN. The van der Waals surface area contributed by atoms with E-state index in [0.29, 0.717) is 12.1 Å². The fourth-order valence-electron chi connectivity index (χ4n) is 2.58. The van der Waals surface area contributed by atoms with Gasteiger partial charge in [0, 0.05) is 16.6 Å². The van der Waals surface area contributed by atoms with Crippen LogP contribution < -0.4 is 5.32 Å². The Hall–Kier alpha value is -1.12. The minimum absolute atomic E-state index is 0.351. The Morgan fingerprint density at radius 2 is 1.48 bits per heavy atom. The molecule has 0 bridgehead atoms. The van der Waals surface area contributed by atoms with Crippen LogP contribution in [0.25, 0.3) is 0 Å². The molecule has 1 N–H and O–H groups in total. The predicted octanol–water partition coefficient (Wildman–Crippen LogP) is 5.81. The van der Waals surface area contributed by atoms with E-state index in [4.69, 9.17) is 0 Å². The Morgan fingerprint density at radius 3 is 2.00 bits per heavy atom. The first-order valence-corrected chi connectivity index (χ1v) is 8.53. The van der Waals surface area contributed by atoms with E-state index in [2.05, 4.69) is 90.5 Å². The van der Waals surface area contributed by atoms with Crippen molar-refractivity contribution in [2.75, 3.05) is 0 Å². The van der Waals surface area contributed by atoms with Crippen LogP contribution in [0.2, 0.25) is 0 Å². The van der Waals surface area contributed by atoms with Gasteiger partial charge in [-0.3, -0.25) is 0 Å². The van der Waals surface area contributed by atoms with Crippen molar-refractivity contribution in [1.29, 1.82) is 0 Å². The molecule has 0 spiro atoms. The first kappa shape index (κ1) is 16.3. The number of rotatable bonds is 6. The highest BCUT2D eigenvalue weighted by Gasteiger charge is 2.13. The molecule has 2 aromatic carbocycles. The highest BCUT2D eigenvalue weighted by molar-refractivity contribution is 9.10. The molecule has 2 atom stereocenters. The zero-order chi connectivity index (χ0) is 15.2. The number of hydrogen-bond donors (Lipinski definition) is 1. The summed E-state index contributed by atoms with van der Waals surface area (Å²) in [5.74, 6) is 0. The fraction of sp³-hybridized carbons (Fsp3) is 0.368. The van der Waals surface area contributed by atoms with Gasteiger partial charge in [0.15, 0.2) is 0 Å². The second kappa shape index (κ2) is 7.77. The molecule has 0 amide bonds. The van der Waals surface area contributed by atoms with Crippen LogP contribution in [-0.4, -0.2) is 0 Å². The summed E-state index contributed by atoms with van der Waals surface area (Å²) < 4.78 is 1.13. The van der Waals surface area contributed by atoms with Crippen LogP contribution in [0.5, 0.6) is 0 Å². The van der Waals surface area contributed by atoms with Crippen molar-refractivity contribution in [3.63, 3.8) is 0 Å². The average Bonchev–Trinajstić information content (AvgIpc) is 2.53. The summed E-state index contributed by atoms with van der Waals surface area (Å²) in [6.07, 6.45) is 2.18. The summed E-state index contributed by atoms with van der Waals surface area (Å²) in [5, 5.41) is 3.74. The van der Waals surface area contributed by atoms with Crippen molar-refractivity contribution < 1.29 is 0 Å². The number of benzene rings is 2. The van der Waals surface area contributed by atoms with E-state index in [9.17, 15) is 0 Å². The Labute approximate surface area is 136 Å². The summed E-state index contributed by atoms with van der Waals surface area (Å²) in [4.78, 5) is 0. The molecule has 0 aliphatic rings. The van der Waals surface area contributed by atoms with Crippen LogP contribution in [0.3, 0.4) is 0 Å². The zero-order valence-electron chi connectivity index (χ0n) is 13.1. The molecule has 2 aromatic rings. The number of halogens is 1. The minimum Gasteiger partial charge on any atom is -0.303 e. The van der Waals surface area contributed by atoms with E-state index in [1.165, 1.54) is 16.7 Å². The summed E-state index contributed by atoms with van der Waals surface area (Å²) in [5.41, 5.74) is 4.09. The van der Waals surface area contributed by atoms with Crippen LogP contribution in [0.4, 0.5) is 0 Å². The average molecular weight is 346 g/mol. The third-order valence-electron chi connectivity index (χ3n) is 4.02. The molecule has 0 heterocycles. The second-order valence-electron chi connectivity index (χ2n) is 5.50. The predicted molar refractivity (Wildman–Crippen MR) is 94.5 cm³/mol. The highest BCUT2D eigenvalue weighted by atomic mass is 79.9. The van der Waals surface area contributed by atoms with E-state index < -0.39 is 0 Å². The Balaban J connectivity index is 2.08. The van der Waals surface area contributed by atoms with Crippen LogP contribution in [0.1, 0.15) is 56.0 Å². The van der Waals surface area contributed by atoms with E-state index in [1.807, 2.05) is 0 Å². The molecule has 0 aliphatic heterocycles. The lowest BCUT2D eigenvalue weighted by molar-refractivity contribution is 0.456. The first-order chi connectivity index (χ1) is 10.1. The van der Waals surface area contributed by atoms with Crippen LogP contribution in [0, 0.1) is 0 Å². The van der Waals surface area contributed by atoms with Gasteiger partial charge in [0.1, 0.15) is 0 Å². The Kier molecular flexibility index (Phi) is 6.01. The maximum Gasteiger partial charge on any atom is 0.0323 e. The smallest absolute Gasteiger partial charge is 0.0323 e. The Bertz CT molecular complexity index is 545. The molecule has 2 rings (SSSR count). The number of nitrogens with one attached hydrogen (secondary N) is 1. The molecule has 0 aliphatic carbocycles. The summed E-state index contributed by atoms with van der Waals surface area (Å²) in [6, 6.07) is 18.3. The van der Waals surface area contributed by atoms with Crippen molar-refractivity contribution >= 4 is 15.9 Å². The van der Waals surface area contributed by atoms with E-state index in [-0.39, 0.29) is 0 Å². The molecular weight excluding hydrogens is 322 g/mol. The molecule has 2 heteroatoms. The van der Waals surface area contributed by atoms with Gasteiger partial charge in [0.25, 0.3) is 0 Å². The summed E-state index contributed by atoms with van der Waals surface area (Å²) in [7, 11) is 0. The largest absolute Gasteiger partial charge is 0.303 e. The first-order valence-electron chi connectivity index (χ1n) is 7.74. The molecule has 1 nitrogen and oxygen atoms in total. The van der Waals surface area contributed by atoms with Gasteiger partial charge in [0.2, 0.25) is 0 Å². The normalized spacial score (nSPS) is 13.9. The molecule has 21 heavy (non-hydrogen) atoms. The minimum atomic E-state index is 0.351. The van der Waals surface area contributed by atoms with Gasteiger partial charge in [-0.1, -0.05) is 66.2 Å². The Morgan fingerprint density at radius 1 is 0.905 bits per heavy atom. The third kappa shape index (κ3) is 4.42. The van der Waals surface area contributed by atoms with E-state index in [1.54, 1.807) is 0 Å². The number of aryl methyl sites for hydroxylation is 1. The third-order valence-corrected chi connectivity index (χ3v) is 4.55. The van der Waals surface area contributed by atoms with Crippen molar-refractivity contribution in [3.05, 3.63) is 69.7 Å². The topological polar surface area (TPSA) is 12.0 Å². The molecule has 0 aromatic heterocycles. The lowest BCUT2D eigenvalue weighted by Gasteiger charge is -2.23. The zero-order valence-corrected chi connectivity index (χ0v) is 14.7. The summed E-state index contributed by atoms with van der Waals surface area (Å²) >= 11 is 3.50. The van der Waals surface area contributed by atoms with Crippen LogP contribution >= 0.6 is 15.9 Å². The quantitative estimate of drug-likeness (QED) is 0.696.